The fraction of sp³-hybridized carbons (Fsp3) is 0.562. The first-order valence-electron chi connectivity index (χ1n) is 7.91. The Balaban J connectivity index is 1.45. The number of aryl methyl sites for hydroxylation is 2. The number of nitrogens with one attached hydrogen (secondary N) is 1. The van der Waals surface area contributed by atoms with Crippen molar-refractivity contribution in [3.05, 3.63) is 24.0 Å². The van der Waals surface area contributed by atoms with E-state index < -0.39 is 0 Å². The van der Waals surface area contributed by atoms with Crippen molar-refractivity contribution in [2.24, 2.45) is 18.9 Å². The Morgan fingerprint density at radius 1 is 1.18 bits per heavy atom. The minimum absolute atomic E-state index is 0.289. The molecule has 4 rings (SSSR count). The Morgan fingerprint density at radius 3 is 2.55 bits per heavy atom. The predicted octanol–water partition coefficient (Wildman–Crippen LogP) is 1.56. The molecule has 116 valence electrons. The zero-order valence-electron chi connectivity index (χ0n) is 13.0. The number of nitrogens with zero attached hydrogens (tertiary/aromatic N) is 4. The first-order chi connectivity index (χ1) is 10.7. The van der Waals surface area contributed by atoms with E-state index in [1.807, 2.05) is 32.3 Å². The fourth-order valence-electron chi connectivity index (χ4n) is 3.76. The van der Waals surface area contributed by atoms with Crippen LogP contribution in [0, 0.1) is 18.8 Å². The molecule has 1 aliphatic heterocycles. The van der Waals surface area contributed by atoms with Crippen LogP contribution in [0.2, 0.25) is 0 Å². The van der Waals surface area contributed by atoms with Crippen molar-refractivity contribution >= 4 is 0 Å². The molecule has 2 unspecified atom stereocenters. The molecule has 6 nitrogen and oxygen atoms in total. The molecule has 1 saturated carbocycles. The van der Waals surface area contributed by atoms with Crippen molar-refractivity contribution in [3.63, 3.8) is 0 Å². The average molecular weight is 299 g/mol. The Bertz CT molecular complexity index is 654. The molecule has 0 aromatic carbocycles. The van der Waals surface area contributed by atoms with Crippen LogP contribution in [-0.2, 0) is 7.05 Å². The van der Waals surface area contributed by atoms with Gasteiger partial charge in [0.25, 0.3) is 0 Å². The molecule has 0 radical (unpaired) electrons. The summed E-state index contributed by atoms with van der Waals surface area (Å²) in [4.78, 5) is 0. The van der Waals surface area contributed by atoms with Crippen molar-refractivity contribution < 1.29 is 4.74 Å². The zero-order valence-corrected chi connectivity index (χ0v) is 13.0. The summed E-state index contributed by atoms with van der Waals surface area (Å²) in [5.74, 6) is 2.17. The quantitative estimate of drug-likeness (QED) is 0.932. The molecular weight excluding hydrogens is 278 g/mol. The van der Waals surface area contributed by atoms with Crippen LogP contribution in [0.4, 0.5) is 0 Å². The zero-order chi connectivity index (χ0) is 15.1. The molecule has 0 bridgehead atoms. The van der Waals surface area contributed by atoms with Crippen LogP contribution >= 0.6 is 0 Å². The van der Waals surface area contributed by atoms with Gasteiger partial charge in [-0.2, -0.15) is 5.10 Å². The topological polar surface area (TPSA) is 64.9 Å². The third kappa shape index (κ3) is 2.47. The summed E-state index contributed by atoms with van der Waals surface area (Å²) in [6.07, 6.45) is 4.51. The van der Waals surface area contributed by atoms with Crippen LogP contribution in [0.3, 0.4) is 0 Å². The van der Waals surface area contributed by atoms with Gasteiger partial charge in [-0.25, -0.2) is 0 Å². The molecule has 0 amide bonds. The summed E-state index contributed by atoms with van der Waals surface area (Å²) >= 11 is 0. The molecule has 2 aromatic heterocycles. The third-order valence-corrected chi connectivity index (χ3v) is 4.83. The summed E-state index contributed by atoms with van der Waals surface area (Å²) in [7, 11) is 1.91. The third-order valence-electron chi connectivity index (χ3n) is 4.83. The molecule has 2 aromatic rings. The molecule has 6 heteroatoms. The second-order valence-corrected chi connectivity index (χ2v) is 6.45. The van der Waals surface area contributed by atoms with Gasteiger partial charge in [0.1, 0.15) is 6.10 Å². The highest BCUT2D eigenvalue weighted by molar-refractivity contribution is 5.60. The number of ether oxygens (including phenoxy) is 1. The van der Waals surface area contributed by atoms with E-state index in [2.05, 4.69) is 20.6 Å². The lowest BCUT2D eigenvalue weighted by Crippen LogP contribution is -2.19. The normalized spacial score (nSPS) is 27.1. The summed E-state index contributed by atoms with van der Waals surface area (Å²) in [6.45, 7) is 4.25. The van der Waals surface area contributed by atoms with Gasteiger partial charge in [-0.15, -0.1) is 10.2 Å². The first kappa shape index (κ1) is 13.7. The minimum atomic E-state index is 0.289. The van der Waals surface area contributed by atoms with Crippen molar-refractivity contribution in [1.82, 2.24) is 25.3 Å². The van der Waals surface area contributed by atoms with Crippen LogP contribution in [0.5, 0.6) is 5.88 Å². The van der Waals surface area contributed by atoms with Gasteiger partial charge >= 0.3 is 0 Å². The van der Waals surface area contributed by atoms with Gasteiger partial charge in [0.15, 0.2) is 0 Å². The van der Waals surface area contributed by atoms with Gasteiger partial charge in [-0.3, -0.25) is 4.68 Å². The Kier molecular flexibility index (Phi) is 3.33. The molecule has 22 heavy (non-hydrogen) atoms. The average Bonchev–Trinajstić information content (AvgIpc) is 3.15. The van der Waals surface area contributed by atoms with E-state index in [0.29, 0.717) is 5.88 Å². The highest BCUT2D eigenvalue weighted by Crippen LogP contribution is 2.36. The number of rotatable bonds is 3. The van der Waals surface area contributed by atoms with Gasteiger partial charge in [-0.1, -0.05) is 0 Å². The van der Waals surface area contributed by atoms with Crippen LogP contribution in [0.25, 0.3) is 11.3 Å². The number of hydrogen-bond acceptors (Lipinski definition) is 5. The number of hydrogen-bond donors (Lipinski definition) is 1. The van der Waals surface area contributed by atoms with E-state index >= 15 is 0 Å². The lowest BCUT2D eigenvalue weighted by molar-refractivity contribution is 0.189. The van der Waals surface area contributed by atoms with Gasteiger partial charge < -0.3 is 10.1 Å². The highest BCUT2D eigenvalue weighted by atomic mass is 16.5. The lowest BCUT2D eigenvalue weighted by Gasteiger charge is -2.13. The molecule has 1 saturated heterocycles. The van der Waals surface area contributed by atoms with Gasteiger partial charge in [0, 0.05) is 24.9 Å². The van der Waals surface area contributed by atoms with Crippen molar-refractivity contribution in [2.45, 2.75) is 25.9 Å². The summed E-state index contributed by atoms with van der Waals surface area (Å²) in [5, 5.41) is 16.3. The molecule has 2 fully saturated rings. The van der Waals surface area contributed by atoms with Crippen molar-refractivity contribution in [2.75, 3.05) is 13.1 Å². The van der Waals surface area contributed by atoms with Gasteiger partial charge in [0.2, 0.25) is 5.88 Å². The number of aromatic nitrogens is 4. The van der Waals surface area contributed by atoms with Crippen molar-refractivity contribution in [1.29, 1.82) is 0 Å². The predicted molar refractivity (Wildman–Crippen MR) is 82.5 cm³/mol. The fourth-order valence-corrected chi connectivity index (χ4v) is 3.76. The second-order valence-electron chi connectivity index (χ2n) is 6.45. The Labute approximate surface area is 129 Å². The smallest absolute Gasteiger partial charge is 0.233 e. The van der Waals surface area contributed by atoms with E-state index in [1.54, 1.807) is 4.68 Å². The van der Waals surface area contributed by atoms with Crippen LogP contribution in [0.1, 0.15) is 18.5 Å². The second kappa shape index (κ2) is 5.35. The summed E-state index contributed by atoms with van der Waals surface area (Å²) < 4.78 is 7.81. The SMILES string of the molecule is Cc1nn(C)cc1-c1ccc(OC2CC3CNC[C@H]3C2)nn1. The van der Waals surface area contributed by atoms with E-state index in [1.165, 1.54) is 0 Å². The van der Waals surface area contributed by atoms with Crippen LogP contribution in [-0.4, -0.2) is 39.2 Å². The van der Waals surface area contributed by atoms with Crippen LogP contribution in [0.15, 0.2) is 18.3 Å². The monoisotopic (exact) mass is 299 g/mol. The summed E-state index contributed by atoms with van der Waals surface area (Å²) in [5.41, 5.74) is 2.81. The minimum Gasteiger partial charge on any atom is -0.473 e. The maximum Gasteiger partial charge on any atom is 0.233 e. The van der Waals surface area contributed by atoms with Gasteiger partial charge in [-0.05, 0) is 50.8 Å². The standard InChI is InChI=1S/C16H21N5O/c1-10-14(9-21(2)20-10)15-3-4-16(19-18-15)22-13-5-11-7-17-8-12(11)6-13/h3-4,9,11-13,17H,5-8H2,1-2H3/t11-,12?,13?/m1/s1. The van der Waals surface area contributed by atoms with E-state index in [-0.39, 0.29) is 6.10 Å². The van der Waals surface area contributed by atoms with E-state index in [4.69, 9.17) is 4.74 Å². The van der Waals surface area contributed by atoms with Gasteiger partial charge in [0.05, 0.1) is 11.4 Å². The molecular formula is C16H21N5O. The van der Waals surface area contributed by atoms with Crippen LogP contribution < -0.4 is 10.1 Å². The summed E-state index contributed by atoms with van der Waals surface area (Å²) in [6, 6.07) is 3.88. The Morgan fingerprint density at radius 2 is 1.95 bits per heavy atom. The largest absolute Gasteiger partial charge is 0.473 e. The maximum absolute atomic E-state index is 6.02. The Hall–Kier alpha value is -1.95. The highest BCUT2D eigenvalue weighted by Gasteiger charge is 2.38. The maximum atomic E-state index is 6.02. The van der Waals surface area contributed by atoms with Crippen molar-refractivity contribution in [3.8, 4) is 17.1 Å². The molecule has 3 atom stereocenters. The number of fused-ring (bicyclic) bond motifs is 1. The molecule has 1 aliphatic carbocycles. The molecule has 3 heterocycles. The van der Waals surface area contributed by atoms with E-state index in [9.17, 15) is 0 Å². The molecule has 1 N–H and O–H groups in total. The first-order valence-corrected chi connectivity index (χ1v) is 7.91. The van der Waals surface area contributed by atoms with E-state index in [0.717, 1.165) is 54.7 Å². The molecule has 0 spiro atoms. The lowest BCUT2D eigenvalue weighted by atomic mass is 10.0. The molecule has 2 aliphatic rings.